The number of ketones is 1. The van der Waals surface area contributed by atoms with E-state index in [2.05, 4.69) is 0 Å². The van der Waals surface area contributed by atoms with Gasteiger partial charge in [-0.1, -0.05) is 42.0 Å². The van der Waals surface area contributed by atoms with E-state index in [1.807, 2.05) is 31.2 Å². The second-order valence-electron chi connectivity index (χ2n) is 4.08. The summed E-state index contributed by atoms with van der Waals surface area (Å²) in [7, 11) is 0. The number of halogens is 1. The molecule has 2 heteroatoms. The van der Waals surface area contributed by atoms with Gasteiger partial charge in [0.05, 0.1) is 5.56 Å². The molecule has 0 fully saturated rings. The van der Waals surface area contributed by atoms with E-state index in [-0.39, 0.29) is 11.3 Å². The minimum Gasteiger partial charge on any atom is -0.294 e. The van der Waals surface area contributed by atoms with Gasteiger partial charge in [0.1, 0.15) is 5.82 Å². The number of Topliss-reactive ketones (excluding diaryl/α,β-unsaturated/α-hetero) is 1. The van der Waals surface area contributed by atoms with Gasteiger partial charge in [-0.25, -0.2) is 4.39 Å². The van der Waals surface area contributed by atoms with Crippen molar-refractivity contribution in [1.29, 1.82) is 0 Å². The summed E-state index contributed by atoms with van der Waals surface area (Å²) in [4.78, 5) is 11.5. The fourth-order valence-electron chi connectivity index (χ4n) is 1.86. The predicted molar refractivity (Wildman–Crippen MR) is 66.6 cm³/mol. The Labute approximate surface area is 99.9 Å². The van der Waals surface area contributed by atoms with Crippen molar-refractivity contribution >= 4 is 5.78 Å². The summed E-state index contributed by atoms with van der Waals surface area (Å²) in [6, 6.07) is 12.4. The molecule has 0 heterocycles. The molecule has 17 heavy (non-hydrogen) atoms. The normalized spacial score (nSPS) is 10.3. The van der Waals surface area contributed by atoms with E-state index in [4.69, 9.17) is 0 Å². The van der Waals surface area contributed by atoms with Crippen LogP contribution in [0.4, 0.5) is 4.39 Å². The van der Waals surface area contributed by atoms with Crippen LogP contribution in [0.15, 0.2) is 42.5 Å². The molecule has 0 N–H and O–H groups in total. The van der Waals surface area contributed by atoms with Gasteiger partial charge in [-0.05, 0) is 31.0 Å². The minimum absolute atomic E-state index is 0.163. The summed E-state index contributed by atoms with van der Waals surface area (Å²) >= 11 is 0. The molecule has 0 atom stereocenters. The summed E-state index contributed by atoms with van der Waals surface area (Å²) in [5.41, 5.74) is 2.81. The van der Waals surface area contributed by atoms with E-state index in [0.717, 1.165) is 11.1 Å². The van der Waals surface area contributed by atoms with Gasteiger partial charge < -0.3 is 0 Å². The zero-order valence-corrected chi connectivity index (χ0v) is 9.83. The van der Waals surface area contributed by atoms with E-state index >= 15 is 0 Å². The van der Waals surface area contributed by atoms with Gasteiger partial charge in [0.25, 0.3) is 0 Å². The van der Waals surface area contributed by atoms with Crippen molar-refractivity contribution in [3.63, 3.8) is 0 Å². The SMILES string of the molecule is CC(=O)c1c(F)cccc1-c1ccc(C)cc1. The number of rotatable bonds is 2. The topological polar surface area (TPSA) is 17.1 Å². The highest BCUT2D eigenvalue weighted by molar-refractivity contribution is 6.01. The lowest BCUT2D eigenvalue weighted by atomic mass is 9.96. The van der Waals surface area contributed by atoms with Crippen LogP contribution in [-0.4, -0.2) is 5.78 Å². The van der Waals surface area contributed by atoms with Crippen molar-refractivity contribution in [2.45, 2.75) is 13.8 Å². The Morgan fingerprint density at radius 3 is 2.29 bits per heavy atom. The quantitative estimate of drug-likeness (QED) is 0.710. The molecular weight excluding hydrogens is 215 g/mol. The summed E-state index contributed by atoms with van der Waals surface area (Å²) in [5.74, 6) is -0.714. The number of aryl methyl sites for hydroxylation is 1. The van der Waals surface area contributed by atoms with Gasteiger partial charge in [-0.3, -0.25) is 4.79 Å². The third kappa shape index (κ3) is 2.26. The molecule has 0 radical (unpaired) electrons. The zero-order valence-electron chi connectivity index (χ0n) is 9.83. The van der Waals surface area contributed by atoms with E-state index in [1.54, 1.807) is 12.1 Å². The Morgan fingerprint density at radius 2 is 1.71 bits per heavy atom. The predicted octanol–water partition coefficient (Wildman–Crippen LogP) is 4.00. The Kier molecular flexibility index (Phi) is 3.05. The lowest BCUT2D eigenvalue weighted by molar-refractivity contribution is 0.101. The summed E-state index contributed by atoms with van der Waals surface area (Å²) in [6.45, 7) is 3.37. The maximum absolute atomic E-state index is 13.6. The number of carbonyl (C=O) groups excluding carboxylic acids is 1. The molecule has 2 rings (SSSR count). The highest BCUT2D eigenvalue weighted by Gasteiger charge is 2.13. The van der Waals surface area contributed by atoms with Crippen LogP contribution in [0.3, 0.4) is 0 Å². The Bertz CT molecular complexity index is 556. The summed E-state index contributed by atoms with van der Waals surface area (Å²) < 4.78 is 13.6. The monoisotopic (exact) mass is 228 g/mol. The van der Waals surface area contributed by atoms with E-state index < -0.39 is 5.82 Å². The third-order valence-electron chi connectivity index (χ3n) is 2.73. The van der Waals surface area contributed by atoms with Crippen LogP contribution >= 0.6 is 0 Å². The second kappa shape index (κ2) is 4.50. The first-order chi connectivity index (χ1) is 8.09. The Morgan fingerprint density at radius 1 is 1.06 bits per heavy atom. The second-order valence-corrected chi connectivity index (χ2v) is 4.08. The Balaban J connectivity index is 2.63. The molecule has 0 aliphatic rings. The van der Waals surface area contributed by atoms with Crippen molar-refractivity contribution < 1.29 is 9.18 Å². The lowest BCUT2D eigenvalue weighted by Crippen LogP contribution is -2.00. The van der Waals surface area contributed by atoms with Crippen molar-refractivity contribution in [2.75, 3.05) is 0 Å². The number of carbonyl (C=O) groups is 1. The lowest BCUT2D eigenvalue weighted by Gasteiger charge is -2.08. The van der Waals surface area contributed by atoms with Crippen LogP contribution < -0.4 is 0 Å². The number of hydrogen-bond donors (Lipinski definition) is 0. The average molecular weight is 228 g/mol. The van der Waals surface area contributed by atoms with Gasteiger partial charge in [0.2, 0.25) is 0 Å². The molecule has 0 bridgehead atoms. The fourth-order valence-corrected chi connectivity index (χ4v) is 1.86. The van der Waals surface area contributed by atoms with Crippen molar-refractivity contribution in [2.24, 2.45) is 0 Å². The first-order valence-electron chi connectivity index (χ1n) is 5.46. The van der Waals surface area contributed by atoms with Gasteiger partial charge in [-0.15, -0.1) is 0 Å². The van der Waals surface area contributed by atoms with Gasteiger partial charge in [-0.2, -0.15) is 0 Å². The number of benzene rings is 2. The molecule has 1 nitrogen and oxygen atoms in total. The molecular formula is C15H13FO. The minimum atomic E-state index is -0.462. The van der Waals surface area contributed by atoms with Crippen LogP contribution in [0, 0.1) is 12.7 Å². The average Bonchev–Trinajstić information content (AvgIpc) is 2.29. The summed E-state index contributed by atoms with van der Waals surface area (Å²) in [5, 5.41) is 0. The Hall–Kier alpha value is -1.96. The molecule has 2 aromatic rings. The van der Waals surface area contributed by atoms with Crippen LogP contribution in [-0.2, 0) is 0 Å². The molecule has 0 unspecified atom stereocenters. The maximum Gasteiger partial charge on any atom is 0.163 e. The van der Waals surface area contributed by atoms with Gasteiger partial charge in [0.15, 0.2) is 5.78 Å². The van der Waals surface area contributed by atoms with Crippen LogP contribution in [0.2, 0.25) is 0 Å². The smallest absolute Gasteiger partial charge is 0.163 e. The molecule has 2 aromatic carbocycles. The summed E-state index contributed by atoms with van der Waals surface area (Å²) in [6.07, 6.45) is 0. The van der Waals surface area contributed by atoms with Crippen LogP contribution in [0.25, 0.3) is 11.1 Å². The first kappa shape index (κ1) is 11.5. The fraction of sp³-hybridized carbons (Fsp3) is 0.133. The van der Waals surface area contributed by atoms with Crippen LogP contribution in [0.5, 0.6) is 0 Å². The third-order valence-corrected chi connectivity index (χ3v) is 2.73. The zero-order chi connectivity index (χ0) is 12.4. The van der Waals surface area contributed by atoms with Crippen molar-refractivity contribution in [3.05, 3.63) is 59.4 Å². The molecule has 0 spiro atoms. The van der Waals surface area contributed by atoms with Gasteiger partial charge in [0, 0.05) is 0 Å². The largest absolute Gasteiger partial charge is 0.294 e. The molecule has 0 saturated carbocycles. The molecule has 0 aliphatic heterocycles. The first-order valence-corrected chi connectivity index (χ1v) is 5.46. The van der Waals surface area contributed by atoms with Gasteiger partial charge >= 0.3 is 0 Å². The standard InChI is InChI=1S/C15H13FO/c1-10-6-8-12(9-7-10)13-4-3-5-14(16)15(13)11(2)17/h3-9H,1-2H3. The van der Waals surface area contributed by atoms with Crippen LogP contribution in [0.1, 0.15) is 22.8 Å². The number of hydrogen-bond acceptors (Lipinski definition) is 1. The molecule has 86 valence electrons. The highest BCUT2D eigenvalue weighted by atomic mass is 19.1. The maximum atomic E-state index is 13.6. The highest BCUT2D eigenvalue weighted by Crippen LogP contribution is 2.26. The van der Waals surface area contributed by atoms with E-state index in [1.165, 1.54) is 13.0 Å². The van der Waals surface area contributed by atoms with E-state index in [0.29, 0.717) is 5.56 Å². The molecule has 0 amide bonds. The molecule has 0 aliphatic carbocycles. The molecule has 0 aromatic heterocycles. The van der Waals surface area contributed by atoms with E-state index in [9.17, 15) is 9.18 Å². The van der Waals surface area contributed by atoms with Crippen molar-refractivity contribution in [3.8, 4) is 11.1 Å². The van der Waals surface area contributed by atoms with Crippen molar-refractivity contribution in [1.82, 2.24) is 0 Å². The molecule has 0 saturated heterocycles.